The Hall–Kier alpha value is -0.420. The molecule has 2 atom stereocenters. The fraction of sp³-hybridized carbons (Fsp3) is 0.909. The molecule has 94 valence electrons. The van der Waals surface area contributed by atoms with Crippen molar-refractivity contribution in [3.05, 3.63) is 0 Å². The van der Waals surface area contributed by atoms with Crippen molar-refractivity contribution in [2.24, 2.45) is 5.92 Å². The van der Waals surface area contributed by atoms with Gasteiger partial charge in [0.05, 0.1) is 6.10 Å². The molecule has 1 saturated carbocycles. The minimum atomic E-state index is -0.355. The summed E-state index contributed by atoms with van der Waals surface area (Å²) in [6.07, 6.45) is 3.86. The number of hydrogen-bond acceptors (Lipinski definition) is 3. The average Bonchev–Trinajstić information content (AvgIpc) is 3.00. The highest BCUT2D eigenvalue weighted by Crippen LogP contribution is 2.32. The first-order valence-electron chi connectivity index (χ1n) is 5.73. The highest BCUT2D eigenvalue weighted by Gasteiger charge is 2.31. The van der Waals surface area contributed by atoms with Crippen LogP contribution in [0.4, 0.5) is 4.79 Å². The Morgan fingerprint density at radius 3 is 2.75 bits per heavy atom. The summed E-state index contributed by atoms with van der Waals surface area (Å²) in [7, 11) is 1.73. The summed E-state index contributed by atoms with van der Waals surface area (Å²) in [6.45, 7) is 2.42. The van der Waals surface area contributed by atoms with Gasteiger partial charge in [-0.25, -0.2) is 4.79 Å². The lowest BCUT2D eigenvalue weighted by molar-refractivity contribution is 0.113. The number of carbonyl (C=O) groups is 1. The van der Waals surface area contributed by atoms with Crippen molar-refractivity contribution >= 4 is 17.8 Å². The first-order valence-corrected chi connectivity index (χ1v) is 7.12. The summed E-state index contributed by atoms with van der Waals surface area (Å²) >= 11 is 1.71. The molecule has 2 unspecified atom stereocenters. The van der Waals surface area contributed by atoms with Crippen LogP contribution in [0.2, 0.25) is 0 Å². The van der Waals surface area contributed by atoms with E-state index in [9.17, 15) is 9.90 Å². The van der Waals surface area contributed by atoms with Crippen molar-refractivity contribution < 1.29 is 9.90 Å². The van der Waals surface area contributed by atoms with Gasteiger partial charge in [0, 0.05) is 25.4 Å². The van der Waals surface area contributed by atoms with Gasteiger partial charge in [-0.05, 0) is 31.9 Å². The van der Waals surface area contributed by atoms with Crippen LogP contribution in [-0.4, -0.2) is 53.8 Å². The summed E-state index contributed by atoms with van der Waals surface area (Å²) in [6, 6.07) is 0.0734. The number of nitrogens with one attached hydrogen (secondary N) is 1. The van der Waals surface area contributed by atoms with E-state index in [-0.39, 0.29) is 18.2 Å². The van der Waals surface area contributed by atoms with Crippen molar-refractivity contribution in [2.75, 3.05) is 25.6 Å². The Morgan fingerprint density at radius 2 is 2.25 bits per heavy atom. The van der Waals surface area contributed by atoms with E-state index in [1.807, 2.05) is 13.2 Å². The van der Waals surface area contributed by atoms with Gasteiger partial charge in [0.15, 0.2) is 0 Å². The van der Waals surface area contributed by atoms with Crippen molar-refractivity contribution in [3.8, 4) is 0 Å². The molecular formula is C11H22N2O2S. The van der Waals surface area contributed by atoms with Gasteiger partial charge in [0.2, 0.25) is 0 Å². The minimum Gasteiger partial charge on any atom is -0.391 e. The first-order chi connectivity index (χ1) is 7.54. The molecule has 0 radical (unpaired) electrons. The molecular weight excluding hydrogens is 224 g/mol. The van der Waals surface area contributed by atoms with Gasteiger partial charge in [0.25, 0.3) is 0 Å². The summed E-state index contributed by atoms with van der Waals surface area (Å²) in [4.78, 5) is 13.3. The molecule has 1 aliphatic rings. The van der Waals surface area contributed by atoms with Gasteiger partial charge in [-0.1, -0.05) is 0 Å². The monoisotopic (exact) mass is 246 g/mol. The predicted molar refractivity (Wildman–Crippen MR) is 67.7 cm³/mol. The number of nitrogens with zero attached hydrogens (tertiary/aromatic N) is 1. The van der Waals surface area contributed by atoms with Gasteiger partial charge in [-0.15, -0.1) is 0 Å². The van der Waals surface area contributed by atoms with Gasteiger partial charge >= 0.3 is 6.03 Å². The van der Waals surface area contributed by atoms with Gasteiger partial charge in [-0.3, -0.25) is 0 Å². The molecule has 4 nitrogen and oxygen atoms in total. The van der Waals surface area contributed by atoms with Gasteiger partial charge in [-0.2, -0.15) is 11.8 Å². The van der Waals surface area contributed by atoms with E-state index in [1.165, 1.54) is 0 Å². The van der Waals surface area contributed by atoms with Crippen LogP contribution in [0.1, 0.15) is 19.8 Å². The third-order valence-electron chi connectivity index (χ3n) is 2.76. The second kappa shape index (κ2) is 6.35. The zero-order valence-corrected chi connectivity index (χ0v) is 11.1. The molecule has 0 heterocycles. The number of thioether (sulfide) groups is 1. The Kier molecular flexibility index (Phi) is 5.41. The molecule has 1 rings (SSSR count). The number of hydrogen-bond donors (Lipinski definition) is 2. The fourth-order valence-electron chi connectivity index (χ4n) is 1.61. The zero-order valence-electron chi connectivity index (χ0n) is 10.3. The van der Waals surface area contributed by atoms with E-state index in [2.05, 4.69) is 5.32 Å². The van der Waals surface area contributed by atoms with Crippen molar-refractivity contribution in [1.29, 1.82) is 0 Å². The quantitative estimate of drug-likeness (QED) is 0.739. The smallest absolute Gasteiger partial charge is 0.317 e. The van der Waals surface area contributed by atoms with Crippen LogP contribution in [0, 0.1) is 5.92 Å². The maximum Gasteiger partial charge on any atom is 0.317 e. The number of urea groups is 1. The predicted octanol–water partition coefficient (Wildman–Crippen LogP) is 1.15. The van der Waals surface area contributed by atoms with E-state index in [0.717, 1.165) is 18.6 Å². The van der Waals surface area contributed by atoms with E-state index < -0.39 is 0 Å². The normalized spacial score (nSPS) is 19.0. The molecule has 16 heavy (non-hydrogen) atoms. The average molecular weight is 246 g/mol. The summed E-state index contributed by atoms with van der Waals surface area (Å²) < 4.78 is 0. The molecule has 5 heteroatoms. The number of aliphatic hydroxyl groups excluding tert-OH is 1. The number of rotatable bonds is 6. The molecule has 2 N–H and O–H groups in total. The number of aliphatic hydroxyl groups is 1. The first kappa shape index (κ1) is 13.6. The van der Waals surface area contributed by atoms with E-state index in [1.54, 1.807) is 23.7 Å². The van der Waals surface area contributed by atoms with Crippen molar-refractivity contribution in [3.63, 3.8) is 0 Å². The van der Waals surface area contributed by atoms with E-state index >= 15 is 0 Å². The Morgan fingerprint density at radius 1 is 1.62 bits per heavy atom. The second-order valence-corrected chi connectivity index (χ2v) is 5.50. The summed E-state index contributed by atoms with van der Waals surface area (Å²) in [5.41, 5.74) is 0. The number of likely N-dealkylation sites (N-methyl/N-ethyl adjacent to an activating group) is 1. The van der Waals surface area contributed by atoms with Crippen LogP contribution in [0.15, 0.2) is 0 Å². The van der Waals surface area contributed by atoms with Crippen molar-refractivity contribution in [2.45, 2.75) is 31.9 Å². The lowest BCUT2D eigenvalue weighted by atomic mass is 10.2. The Labute approximate surface area is 102 Å². The Balaban J connectivity index is 2.23. The molecule has 0 spiro atoms. The highest BCUT2D eigenvalue weighted by atomic mass is 32.2. The second-order valence-electron chi connectivity index (χ2n) is 4.59. The van der Waals surface area contributed by atoms with Crippen LogP contribution < -0.4 is 5.32 Å². The molecule has 0 saturated heterocycles. The van der Waals surface area contributed by atoms with E-state index in [0.29, 0.717) is 12.5 Å². The highest BCUT2D eigenvalue weighted by molar-refractivity contribution is 7.98. The molecule has 0 aliphatic heterocycles. The van der Waals surface area contributed by atoms with Crippen LogP contribution in [0.5, 0.6) is 0 Å². The molecule has 0 aromatic heterocycles. The molecule has 1 fully saturated rings. The number of carbonyl (C=O) groups excluding carboxylic acids is 1. The maximum atomic E-state index is 11.7. The molecule has 0 aromatic carbocycles. The lowest BCUT2D eigenvalue weighted by Crippen LogP contribution is -2.45. The summed E-state index contributed by atoms with van der Waals surface area (Å²) in [5.74, 6) is 1.32. The van der Waals surface area contributed by atoms with Gasteiger partial charge < -0.3 is 15.3 Å². The standard InChI is InChI=1S/C11H22N2O2S/c1-8(7-16-3)12-11(15)13(2)6-10(14)9-4-5-9/h8-10,14H,4-7H2,1-3H3,(H,12,15). The van der Waals surface area contributed by atoms with Gasteiger partial charge in [0.1, 0.15) is 0 Å². The topological polar surface area (TPSA) is 52.6 Å². The molecule has 2 amide bonds. The molecule has 0 bridgehead atoms. The van der Waals surface area contributed by atoms with Crippen molar-refractivity contribution in [1.82, 2.24) is 10.2 Å². The summed E-state index contributed by atoms with van der Waals surface area (Å²) in [5, 5.41) is 12.6. The van der Waals surface area contributed by atoms with Crippen LogP contribution >= 0.6 is 11.8 Å². The lowest BCUT2D eigenvalue weighted by Gasteiger charge is -2.23. The van der Waals surface area contributed by atoms with Crippen LogP contribution in [0.25, 0.3) is 0 Å². The Bertz CT molecular complexity index is 234. The zero-order chi connectivity index (χ0) is 12.1. The SMILES string of the molecule is CSCC(C)NC(=O)N(C)CC(O)C1CC1. The van der Waals surface area contributed by atoms with Crippen LogP contribution in [0.3, 0.4) is 0 Å². The molecule has 0 aromatic rings. The fourth-order valence-corrected chi connectivity index (χ4v) is 2.19. The minimum absolute atomic E-state index is 0.0961. The molecule has 1 aliphatic carbocycles. The van der Waals surface area contributed by atoms with Crippen LogP contribution in [-0.2, 0) is 0 Å². The largest absolute Gasteiger partial charge is 0.391 e. The third-order valence-corrected chi connectivity index (χ3v) is 3.59. The third kappa shape index (κ3) is 4.61. The maximum absolute atomic E-state index is 11.7. The number of amides is 2. The van der Waals surface area contributed by atoms with E-state index in [4.69, 9.17) is 0 Å².